The predicted octanol–water partition coefficient (Wildman–Crippen LogP) is 2.88. The highest BCUT2D eigenvalue weighted by atomic mass is 16.7. The van der Waals surface area contributed by atoms with Crippen LogP contribution in [0.15, 0.2) is 55.1 Å². The zero-order valence-corrected chi connectivity index (χ0v) is 12.3. The van der Waals surface area contributed by atoms with Crippen LogP contribution >= 0.6 is 0 Å². The molecule has 3 aromatic rings. The largest absolute Gasteiger partial charge is 0.454 e. The van der Waals surface area contributed by atoms with Crippen molar-refractivity contribution in [2.24, 2.45) is 0 Å². The Morgan fingerprint density at radius 3 is 2.65 bits per heavy atom. The van der Waals surface area contributed by atoms with Gasteiger partial charge >= 0.3 is 0 Å². The van der Waals surface area contributed by atoms with Crippen LogP contribution in [0.25, 0.3) is 11.3 Å². The molecule has 0 radical (unpaired) electrons. The molecular weight excluding hydrogens is 292 g/mol. The van der Waals surface area contributed by atoms with E-state index in [0.717, 1.165) is 34.1 Å². The highest BCUT2D eigenvalue weighted by Gasteiger charge is 2.13. The number of hydrogen-bond donors (Lipinski definition) is 1. The highest BCUT2D eigenvalue weighted by Crippen LogP contribution is 2.32. The lowest BCUT2D eigenvalue weighted by Gasteiger charge is -2.10. The van der Waals surface area contributed by atoms with E-state index in [0.29, 0.717) is 6.54 Å². The molecule has 1 aliphatic rings. The third-order valence-electron chi connectivity index (χ3n) is 3.55. The molecule has 0 saturated heterocycles. The summed E-state index contributed by atoms with van der Waals surface area (Å²) in [5.74, 6) is 2.29. The monoisotopic (exact) mass is 306 g/mol. The summed E-state index contributed by atoms with van der Waals surface area (Å²) in [6, 6.07) is 9.71. The third-order valence-corrected chi connectivity index (χ3v) is 3.55. The van der Waals surface area contributed by atoms with E-state index in [1.54, 1.807) is 24.8 Å². The summed E-state index contributed by atoms with van der Waals surface area (Å²) < 4.78 is 10.7. The fourth-order valence-corrected chi connectivity index (χ4v) is 2.43. The van der Waals surface area contributed by atoms with Gasteiger partial charge in [0.25, 0.3) is 0 Å². The Kier molecular flexibility index (Phi) is 3.48. The van der Waals surface area contributed by atoms with E-state index in [2.05, 4.69) is 20.3 Å². The molecule has 6 heteroatoms. The molecule has 1 aliphatic heterocycles. The molecule has 0 unspecified atom stereocenters. The van der Waals surface area contributed by atoms with Gasteiger partial charge in [-0.25, -0.2) is 4.98 Å². The second kappa shape index (κ2) is 5.92. The van der Waals surface area contributed by atoms with Crippen molar-refractivity contribution in [2.75, 3.05) is 12.1 Å². The smallest absolute Gasteiger partial charge is 0.231 e. The van der Waals surface area contributed by atoms with E-state index in [4.69, 9.17) is 9.47 Å². The first-order valence-corrected chi connectivity index (χ1v) is 7.24. The summed E-state index contributed by atoms with van der Waals surface area (Å²) >= 11 is 0. The van der Waals surface area contributed by atoms with Crippen molar-refractivity contribution in [1.29, 1.82) is 0 Å². The first kappa shape index (κ1) is 13.5. The van der Waals surface area contributed by atoms with Crippen molar-refractivity contribution >= 4 is 5.82 Å². The number of fused-ring (bicyclic) bond motifs is 1. The fraction of sp³-hybridized carbons (Fsp3) is 0.118. The zero-order valence-electron chi connectivity index (χ0n) is 12.3. The van der Waals surface area contributed by atoms with E-state index in [-0.39, 0.29) is 6.79 Å². The average molecular weight is 306 g/mol. The van der Waals surface area contributed by atoms with Crippen LogP contribution in [0.5, 0.6) is 11.5 Å². The Labute approximate surface area is 133 Å². The Bertz CT molecular complexity index is 824. The fourth-order valence-electron chi connectivity index (χ4n) is 2.43. The minimum Gasteiger partial charge on any atom is -0.454 e. The van der Waals surface area contributed by atoms with Crippen molar-refractivity contribution in [2.45, 2.75) is 6.54 Å². The number of benzene rings is 1. The molecule has 6 nitrogen and oxygen atoms in total. The highest BCUT2D eigenvalue weighted by molar-refractivity contribution is 5.70. The number of pyridine rings is 1. The van der Waals surface area contributed by atoms with E-state index < -0.39 is 0 Å². The summed E-state index contributed by atoms with van der Waals surface area (Å²) in [7, 11) is 0. The van der Waals surface area contributed by atoms with Crippen LogP contribution < -0.4 is 14.8 Å². The van der Waals surface area contributed by atoms with Crippen LogP contribution in [-0.4, -0.2) is 21.7 Å². The molecule has 1 N–H and O–H groups in total. The van der Waals surface area contributed by atoms with Crippen LogP contribution in [0.4, 0.5) is 5.82 Å². The molecule has 0 saturated carbocycles. The van der Waals surface area contributed by atoms with Gasteiger partial charge in [-0.2, -0.15) is 0 Å². The predicted molar refractivity (Wildman–Crippen MR) is 85.2 cm³/mol. The molecule has 4 rings (SSSR count). The Balaban J connectivity index is 1.56. The molecule has 1 aromatic carbocycles. The van der Waals surface area contributed by atoms with Crippen molar-refractivity contribution < 1.29 is 9.47 Å². The number of nitrogens with zero attached hydrogens (tertiary/aromatic N) is 3. The van der Waals surface area contributed by atoms with Crippen LogP contribution in [0, 0.1) is 0 Å². The maximum absolute atomic E-state index is 5.40. The van der Waals surface area contributed by atoms with Gasteiger partial charge in [0.15, 0.2) is 17.3 Å². The molecule has 0 amide bonds. The van der Waals surface area contributed by atoms with Crippen LogP contribution in [0.3, 0.4) is 0 Å². The van der Waals surface area contributed by atoms with Crippen molar-refractivity contribution in [3.63, 3.8) is 0 Å². The molecule has 23 heavy (non-hydrogen) atoms. The second-order valence-corrected chi connectivity index (χ2v) is 5.03. The molecule has 114 valence electrons. The molecule has 0 spiro atoms. The van der Waals surface area contributed by atoms with Crippen molar-refractivity contribution in [3.8, 4) is 22.8 Å². The molecule has 2 aromatic heterocycles. The van der Waals surface area contributed by atoms with Gasteiger partial charge in [-0.05, 0) is 29.8 Å². The van der Waals surface area contributed by atoms with Gasteiger partial charge < -0.3 is 14.8 Å². The number of hydrogen-bond acceptors (Lipinski definition) is 6. The Hall–Kier alpha value is -3.15. The topological polar surface area (TPSA) is 69.2 Å². The number of nitrogens with one attached hydrogen (secondary N) is 1. The van der Waals surface area contributed by atoms with Gasteiger partial charge in [0.2, 0.25) is 6.79 Å². The molecule has 0 fully saturated rings. The van der Waals surface area contributed by atoms with Crippen molar-refractivity contribution in [1.82, 2.24) is 15.0 Å². The maximum Gasteiger partial charge on any atom is 0.231 e. The van der Waals surface area contributed by atoms with Gasteiger partial charge in [-0.15, -0.1) is 0 Å². The van der Waals surface area contributed by atoms with Crippen LogP contribution in [0.2, 0.25) is 0 Å². The molecule has 0 bridgehead atoms. The summed E-state index contributed by atoms with van der Waals surface area (Å²) in [6.07, 6.45) is 6.84. The summed E-state index contributed by atoms with van der Waals surface area (Å²) in [5, 5.41) is 3.33. The number of aromatic nitrogens is 3. The lowest BCUT2D eigenvalue weighted by molar-refractivity contribution is 0.174. The quantitative estimate of drug-likeness (QED) is 0.799. The van der Waals surface area contributed by atoms with E-state index in [1.807, 2.05) is 30.3 Å². The summed E-state index contributed by atoms with van der Waals surface area (Å²) in [4.78, 5) is 12.8. The zero-order chi connectivity index (χ0) is 15.5. The Morgan fingerprint density at radius 2 is 1.74 bits per heavy atom. The third kappa shape index (κ3) is 2.78. The summed E-state index contributed by atoms with van der Waals surface area (Å²) in [6.45, 7) is 0.899. The maximum atomic E-state index is 5.40. The number of rotatable bonds is 4. The lowest BCUT2D eigenvalue weighted by Crippen LogP contribution is -2.04. The standard InChI is InChI=1S/C17H14N4O2/c1-2-14-15(23-11-22-14)9-12(1)10-21-17-16(19-7-8-20-17)13-3-5-18-6-4-13/h1-9H,10-11H2,(H,20,21). The second-order valence-electron chi connectivity index (χ2n) is 5.03. The molecule has 0 aliphatic carbocycles. The minimum absolute atomic E-state index is 0.280. The minimum atomic E-state index is 0.280. The van der Waals surface area contributed by atoms with E-state index >= 15 is 0 Å². The first-order valence-electron chi connectivity index (χ1n) is 7.24. The molecule has 0 atom stereocenters. The summed E-state index contributed by atoms with van der Waals surface area (Å²) in [5.41, 5.74) is 2.86. The SMILES string of the molecule is c1cc(-c2nccnc2NCc2ccc3c(c2)OCO3)ccn1. The first-order chi connectivity index (χ1) is 11.4. The molecular formula is C17H14N4O2. The normalized spacial score (nSPS) is 12.2. The van der Waals surface area contributed by atoms with Crippen LogP contribution in [0.1, 0.15) is 5.56 Å². The van der Waals surface area contributed by atoms with E-state index in [1.165, 1.54) is 0 Å². The number of anilines is 1. The van der Waals surface area contributed by atoms with E-state index in [9.17, 15) is 0 Å². The average Bonchev–Trinajstić information content (AvgIpc) is 3.09. The van der Waals surface area contributed by atoms with Gasteiger partial charge in [0.1, 0.15) is 5.69 Å². The molecule has 3 heterocycles. The lowest BCUT2D eigenvalue weighted by atomic mass is 10.1. The van der Waals surface area contributed by atoms with Gasteiger partial charge in [0, 0.05) is 36.9 Å². The van der Waals surface area contributed by atoms with Gasteiger partial charge in [-0.1, -0.05) is 6.07 Å². The van der Waals surface area contributed by atoms with Gasteiger partial charge in [0.05, 0.1) is 0 Å². The van der Waals surface area contributed by atoms with Crippen LogP contribution in [-0.2, 0) is 6.54 Å². The number of ether oxygens (including phenoxy) is 2. The Morgan fingerprint density at radius 1 is 0.913 bits per heavy atom. The van der Waals surface area contributed by atoms with Gasteiger partial charge in [-0.3, -0.25) is 9.97 Å². The van der Waals surface area contributed by atoms with Crippen molar-refractivity contribution in [3.05, 3.63) is 60.7 Å².